The van der Waals surface area contributed by atoms with Crippen molar-refractivity contribution in [2.24, 2.45) is 0 Å². The number of ether oxygens (including phenoxy) is 4. The minimum atomic E-state index is -1.78. The van der Waals surface area contributed by atoms with Crippen molar-refractivity contribution in [2.75, 3.05) is 6.61 Å². The van der Waals surface area contributed by atoms with Crippen molar-refractivity contribution in [3.8, 4) is 34.3 Å². The van der Waals surface area contributed by atoms with Crippen molar-refractivity contribution in [3.63, 3.8) is 0 Å². The number of hydrogen-bond acceptors (Lipinski definition) is 11. The molecular formula is C53H44N7O8+. The minimum absolute atomic E-state index is 0.00719. The molecule has 0 bridgehead atoms. The molecule has 0 aliphatic rings. The van der Waals surface area contributed by atoms with Crippen LogP contribution < -0.4 is 14.2 Å². The van der Waals surface area contributed by atoms with Gasteiger partial charge in [0.05, 0.1) is 40.2 Å². The van der Waals surface area contributed by atoms with Crippen LogP contribution in [0.1, 0.15) is 53.4 Å². The fraction of sp³-hybridized carbons (Fsp3) is 0.132. The number of fused-ring (bicyclic) bond motifs is 1. The Morgan fingerprint density at radius 3 is 1.88 bits per heavy atom. The van der Waals surface area contributed by atoms with E-state index in [1.54, 1.807) is 18.2 Å². The third-order valence-corrected chi connectivity index (χ3v) is 11.3. The Balaban J connectivity index is 1.02. The van der Waals surface area contributed by atoms with E-state index in [-0.39, 0.29) is 23.5 Å². The Kier molecular flexibility index (Phi) is 12.3. The lowest BCUT2D eigenvalue weighted by Gasteiger charge is -2.33. The number of tetrazole rings is 1. The molecule has 0 unspecified atom stereocenters. The van der Waals surface area contributed by atoms with Crippen LogP contribution in [0.25, 0.3) is 33.5 Å². The van der Waals surface area contributed by atoms with Gasteiger partial charge >= 0.3 is 17.9 Å². The van der Waals surface area contributed by atoms with Crippen molar-refractivity contribution < 1.29 is 38.1 Å². The van der Waals surface area contributed by atoms with Crippen LogP contribution in [0.15, 0.2) is 182 Å². The first-order chi connectivity index (χ1) is 33.1. The SMILES string of the molecule is CCOc1nc2cccc(C(=O)OC(C)(C)OC(=O)Oc3ccc([N+](=O)[O-])cc3)c2n1Cc1ccc(-c2ccccc2-c2nn[nH][n+]2C(c2ccccc2)(c2ccccc2)c2ccccc2)cc1. The van der Waals surface area contributed by atoms with Gasteiger partial charge in [0.15, 0.2) is 10.8 Å². The number of aromatic amines is 1. The highest BCUT2D eigenvalue weighted by atomic mass is 16.8. The summed E-state index contributed by atoms with van der Waals surface area (Å²) in [5, 5.41) is 23.5. The van der Waals surface area contributed by atoms with Crippen LogP contribution in [0.2, 0.25) is 0 Å². The third-order valence-electron chi connectivity index (χ3n) is 11.3. The van der Waals surface area contributed by atoms with Gasteiger partial charge in [0.2, 0.25) is 0 Å². The van der Waals surface area contributed by atoms with Crippen molar-refractivity contribution in [1.82, 2.24) is 25.1 Å². The molecule has 9 rings (SSSR count). The fourth-order valence-electron chi connectivity index (χ4n) is 8.41. The number of hydrogen-bond donors (Lipinski definition) is 1. The van der Waals surface area contributed by atoms with Gasteiger partial charge in [-0.25, -0.2) is 9.59 Å². The number of non-ortho nitro benzene ring substituents is 1. The van der Waals surface area contributed by atoms with Crippen LogP contribution >= 0.6 is 0 Å². The minimum Gasteiger partial charge on any atom is -0.465 e. The Morgan fingerprint density at radius 2 is 1.29 bits per heavy atom. The Hall–Kier alpha value is -8.98. The average molecular weight is 907 g/mol. The zero-order chi connectivity index (χ0) is 47.3. The predicted octanol–water partition coefficient (Wildman–Crippen LogP) is 10.1. The summed E-state index contributed by atoms with van der Waals surface area (Å²) < 4.78 is 26.1. The van der Waals surface area contributed by atoms with Crippen molar-refractivity contribution in [1.29, 1.82) is 0 Å². The number of nitro groups is 1. The molecule has 0 radical (unpaired) electrons. The molecule has 68 heavy (non-hydrogen) atoms. The summed E-state index contributed by atoms with van der Waals surface area (Å²) in [5.41, 5.74) is 6.70. The summed E-state index contributed by atoms with van der Waals surface area (Å²) in [4.78, 5) is 41.8. The number of nitrogens with zero attached hydrogens (tertiary/aromatic N) is 6. The summed E-state index contributed by atoms with van der Waals surface area (Å²) >= 11 is 0. The van der Waals surface area contributed by atoms with Gasteiger partial charge in [-0.1, -0.05) is 145 Å². The number of benzene rings is 7. The highest BCUT2D eigenvalue weighted by Crippen LogP contribution is 2.39. The maximum absolute atomic E-state index is 13.9. The van der Waals surface area contributed by atoms with Gasteiger partial charge in [-0.2, -0.15) is 4.98 Å². The number of carbonyl (C=O) groups is 2. The molecule has 9 aromatic rings. The van der Waals surface area contributed by atoms with Crippen molar-refractivity contribution in [3.05, 3.63) is 220 Å². The van der Waals surface area contributed by atoms with Crippen LogP contribution in [0.4, 0.5) is 10.5 Å². The zero-order valence-electron chi connectivity index (χ0n) is 37.2. The summed E-state index contributed by atoms with van der Waals surface area (Å²) in [5.74, 6) is -1.94. The second-order valence-corrected chi connectivity index (χ2v) is 16.1. The largest absolute Gasteiger partial charge is 0.517 e. The van der Waals surface area contributed by atoms with E-state index < -0.39 is 28.4 Å². The monoisotopic (exact) mass is 906 g/mol. The van der Waals surface area contributed by atoms with E-state index in [0.717, 1.165) is 38.9 Å². The van der Waals surface area contributed by atoms with Gasteiger partial charge in [0, 0.05) is 42.7 Å². The summed E-state index contributed by atoms with van der Waals surface area (Å²) in [6.45, 7) is 5.22. The normalized spacial score (nSPS) is 11.5. The molecule has 1 N–H and O–H groups in total. The summed E-state index contributed by atoms with van der Waals surface area (Å²) in [6, 6.07) is 57.4. The van der Waals surface area contributed by atoms with Gasteiger partial charge in [0.1, 0.15) is 10.8 Å². The topological polar surface area (TPSA) is 177 Å². The van der Waals surface area contributed by atoms with Gasteiger partial charge in [-0.15, -0.1) is 4.68 Å². The molecule has 0 saturated carbocycles. The molecule has 0 fully saturated rings. The maximum atomic E-state index is 13.9. The highest BCUT2D eigenvalue weighted by molar-refractivity contribution is 6.02. The van der Waals surface area contributed by atoms with Crippen LogP contribution in [-0.2, 0) is 21.6 Å². The Morgan fingerprint density at radius 1 is 0.706 bits per heavy atom. The van der Waals surface area contributed by atoms with Crippen LogP contribution in [0, 0.1) is 10.1 Å². The Labute approximate surface area is 390 Å². The Bertz CT molecular complexity index is 3130. The molecule has 0 saturated heterocycles. The first kappa shape index (κ1) is 44.2. The smallest absolute Gasteiger partial charge is 0.465 e. The molecular weight excluding hydrogens is 863 g/mol. The lowest BCUT2D eigenvalue weighted by molar-refractivity contribution is -0.779. The molecule has 338 valence electrons. The van der Waals surface area contributed by atoms with Crippen molar-refractivity contribution in [2.45, 2.75) is 38.6 Å². The molecule has 2 heterocycles. The number of nitrogens with one attached hydrogen (secondary N) is 1. The number of H-pyrrole nitrogens is 1. The van der Waals surface area contributed by atoms with E-state index in [1.807, 2.05) is 113 Å². The molecule has 15 heteroatoms. The highest BCUT2D eigenvalue weighted by Gasteiger charge is 2.46. The summed E-state index contributed by atoms with van der Waals surface area (Å²) in [7, 11) is 0. The zero-order valence-corrected chi connectivity index (χ0v) is 37.2. The van der Waals surface area contributed by atoms with Gasteiger partial charge in [0.25, 0.3) is 17.5 Å². The molecule has 0 spiro atoms. The number of rotatable bonds is 15. The van der Waals surface area contributed by atoms with E-state index >= 15 is 0 Å². The molecule has 0 aliphatic carbocycles. The molecule has 0 atom stereocenters. The molecule has 15 nitrogen and oxygen atoms in total. The summed E-state index contributed by atoms with van der Waals surface area (Å²) in [6.07, 6.45) is -1.18. The molecule has 2 aromatic heterocycles. The van der Waals surface area contributed by atoms with Crippen LogP contribution in [-0.4, -0.2) is 54.5 Å². The van der Waals surface area contributed by atoms with E-state index in [0.29, 0.717) is 29.5 Å². The van der Waals surface area contributed by atoms with E-state index in [4.69, 9.17) is 29.0 Å². The maximum Gasteiger partial charge on any atom is 0.517 e. The quantitative estimate of drug-likeness (QED) is 0.0197. The van der Waals surface area contributed by atoms with Crippen LogP contribution in [0.3, 0.4) is 0 Å². The average Bonchev–Trinajstić information content (AvgIpc) is 3.98. The number of carbonyl (C=O) groups excluding carboxylic acids is 2. The van der Waals surface area contributed by atoms with E-state index in [9.17, 15) is 19.7 Å². The number of aromatic nitrogens is 6. The third kappa shape index (κ3) is 8.75. The second kappa shape index (κ2) is 18.9. The molecule has 7 aromatic carbocycles. The number of esters is 1. The first-order valence-electron chi connectivity index (χ1n) is 21.8. The molecule has 0 amide bonds. The van der Waals surface area contributed by atoms with Crippen molar-refractivity contribution >= 4 is 28.8 Å². The lowest BCUT2D eigenvalue weighted by Crippen LogP contribution is -2.61. The van der Waals surface area contributed by atoms with Gasteiger partial charge < -0.3 is 18.9 Å². The standard InChI is InChI=1S/C53H43N7O8/c1-4-65-50-54-46-26-16-25-45(49(61)67-52(2,3)68-51(62)66-42-33-31-41(32-34-42)60(63)64)47(46)58(50)35-36-27-29-37(30-28-36)43-23-14-15-24-44(43)48-55-56-57-59(48)53(38-17-8-5-9-18-38,39-19-10-6-11-20-39)40-21-12-7-13-22-40/h5-34H,4,35H2,1-3H3/p+1. The van der Waals surface area contributed by atoms with E-state index in [1.165, 1.54) is 38.1 Å². The first-order valence-corrected chi connectivity index (χ1v) is 21.8. The lowest BCUT2D eigenvalue weighted by atomic mass is 9.77. The number of nitro benzene ring substituents is 1. The molecule has 0 aliphatic heterocycles. The van der Waals surface area contributed by atoms with Crippen LogP contribution in [0.5, 0.6) is 11.8 Å². The second-order valence-electron chi connectivity index (χ2n) is 16.1. The number of para-hydroxylation sites is 1. The van der Waals surface area contributed by atoms with Gasteiger partial charge in [-0.3, -0.25) is 14.7 Å². The van der Waals surface area contributed by atoms with E-state index in [2.05, 4.69) is 52.9 Å². The number of imidazole rings is 1. The van der Waals surface area contributed by atoms with Gasteiger partial charge in [-0.05, 0) is 53.9 Å². The predicted molar refractivity (Wildman–Crippen MR) is 252 cm³/mol. The fourth-order valence-corrected chi connectivity index (χ4v) is 8.41.